The van der Waals surface area contributed by atoms with Crippen molar-refractivity contribution in [2.75, 3.05) is 52.9 Å². The number of aromatic nitrogens is 3. The van der Waals surface area contributed by atoms with Gasteiger partial charge in [0.15, 0.2) is 5.65 Å². The number of imidazole rings is 1. The number of aryl methyl sites for hydroxylation is 2. The van der Waals surface area contributed by atoms with Crippen LogP contribution in [-0.2, 0) is 12.7 Å². The lowest BCUT2D eigenvalue weighted by atomic mass is 10.0. The van der Waals surface area contributed by atoms with E-state index in [0.29, 0.717) is 22.8 Å². The van der Waals surface area contributed by atoms with Crippen molar-refractivity contribution in [3.63, 3.8) is 0 Å². The monoisotopic (exact) mass is 634 g/mol. The van der Waals surface area contributed by atoms with Gasteiger partial charge < -0.3 is 9.47 Å². The highest BCUT2D eigenvalue weighted by Crippen LogP contribution is 2.32. The molecule has 0 atom stereocenters. The number of piperidine rings is 1. The number of alkyl halides is 3. The van der Waals surface area contributed by atoms with Crippen LogP contribution in [0, 0.1) is 13.8 Å². The molecule has 12 heteroatoms. The maximum Gasteiger partial charge on any atom is 0.449 e. The number of likely N-dealkylation sites (tertiary alicyclic amines) is 1. The Morgan fingerprint density at radius 1 is 0.902 bits per heavy atom. The molecule has 1 aromatic carbocycles. The lowest BCUT2D eigenvalue weighted by Gasteiger charge is -2.41. The summed E-state index contributed by atoms with van der Waals surface area (Å²) in [7, 11) is 2.20. The standard InChI is InChI=1S/C29H37F3N6.3ClH/c1-21-19-22(2)33-27-26(21)34-28(29(30,31)32)38(27)20-24-8-6-23(7-9-24)5-4-12-36-13-10-25(11-14-36)37-17-15-35(3)16-18-37;;;/h4-9,19,25H,10-18,20H2,1-3H3;3*1H. The van der Waals surface area contributed by atoms with Crippen LogP contribution in [0.25, 0.3) is 17.2 Å². The SMILES string of the molecule is Cc1cc(C)c2nc(C(F)(F)F)n(Cc3ccc(C=CCN4CCC(N5CCN(C)CC5)CC4)cc3)c2n1.Cl.Cl.Cl. The van der Waals surface area contributed by atoms with Gasteiger partial charge in [0, 0.05) is 44.5 Å². The molecule has 0 amide bonds. The Kier molecular flexibility index (Phi) is 12.9. The molecule has 0 spiro atoms. The minimum Gasteiger partial charge on any atom is -0.304 e. The summed E-state index contributed by atoms with van der Waals surface area (Å²) in [6, 6.07) is 10.2. The molecule has 4 heterocycles. The Hall–Kier alpha value is -1.88. The summed E-state index contributed by atoms with van der Waals surface area (Å²) in [6.45, 7) is 11.5. The van der Waals surface area contributed by atoms with E-state index >= 15 is 0 Å². The second-order valence-electron chi connectivity index (χ2n) is 10.8. The summed E-state index contributed by atoms with van der Waals surface area (Å²) in [5.74, 6) is -0.908. The van der Waals surface area contributed by atoms with Crippen LogP contribution in [0.5, 0.6) is 0 Å². The average Bonchev–Trinajstić information content (AvgIpc) is 3.25. The lowest BCUT2D eigenvalue weighted by Crippen LogP contribution is -2.52. The van der Waals surface area contributed by atoms with Gasteiger partial charge in [-0.1, -0.05) is 36.4 Å². The van der Waals surface area contributed by atoms with E-state index in [9.17, 15) is 13.2 Å². The number of rotatable bonds is 6. The summed E-state index contributed by atoms with van der Waals surface area (Å²) in [6.07, 6.45) is 2.18. The molecule has 3 aromatic rings. The van der Waals surface area contributed by atoms with E-state index in [1.54, 1.807) is 19.9 Å². The van der Waals surface area contributed by atoms with Gasteiger partial charge >= 0.3 is 6.18 Å². The molecule has 0 aliphatic carbocycles. The molecule has 6 nitrogen and oxygen atoms in total. The van der Waals surface area contributed by atoms with Crippen molar-refractivity contribution < 1.29 is 13.2 Å². The van der Waals surface area contributed by atoms with Crippen LogP contribution in [-0.4, -0.2) is 88.1 Å². The first-order valence-corrected chi connectivity index (χ1v) is 13.5. The fourth-order valence-corrected chi connectivity index (χ4v) is 5.68. The molecule has 0 unspecified atom stereocenters. The van der Waals surface area contributed by atoms with Gasteiger partial charge in [-0.05, 0) is 69.6 Å². The van der Waals surface area contributed by atoms with Gasteiger partial charge in [-0.3, -0.25) is 9.80 Å². The summed E-state index contributed by atoms with van der Waals surface area (Å²) >= 11 is 0. The van der Waals surface area contributed by atoms with Gasteiger partial charge in [-0.15, -0.1) is 37.2 Å². The quantitative estimate of drug-likeness (QED) is 0.327. The maximum atomic E-state index is 13.8. The number of piperazine rings is 1. The number of fused-ring (bicyclic) bond motifs is 1. The largest absolute Gasteiger partial charge is 0.449 e. The van der Waals surface area contributed by atoms with E-state index in [1.165, 1.54) is 43.6 Å². The third-order valence-corrected chi connectivity index (χ3v) is 7.88. The number of hydrogen-bond donors (Lipinski definition) is 0. The van der Waals surface area contributed by atoms with Crippen molar-refractivity contribution in [1.82, 2.24) is 29.2 Å². The van der Waals surface area contributed by atoms with Crippen molar-refractivity contribution in [2.45, 2.75) is 45.5 Å². The van der Waals surface area contributed by atoms with Crippen molar-refractivity contribution in [2.24, 2.45) is 0 Å². The van der Waals surface area contributed by atoms with Crippen molar-refractivity contribution >= 4 is 54.5 Å². The molecule has 228 valence electrons. The van der Waals surface area contributed by atoms with Crippen LogP contribution in [0.1, 0.15) is 41.1 Å². The molecular formula is C29H40Cl3F3N6. The second kappa shape index (κ2) is 15.0. The zero-order chi connectivity index (χ0) is 26.9. The van der Waals surface area contributed by atoms with Crippen molar-refractivity contribution in [3.05, 3.63) is 64.6 Å². The van der Waals surface area contributed by atoms with E-state index < -0.39 is 12.0 Å². The normalized spacial score (nSPS) is 17.8. The minimum absolute atomic E-state index is 0. The summed E-state index contributed by atoms with van der Waals surface area (Å²) in [4.78, 5) is 15.9. The highest BCUT2D eigenvalue weighted by molar-refractivity contribution is 5.86. The van der Waals surface area contributed by atoms with Crippen molar-refractivity contribution in [3.8, 4) is 0 Å². The third kappa shape index (κ3) is 8.58. The molecule has 2 fully saturated rings. The van der Waals surface area contributed by atoms with Crippen LogP contribution >= 0.6 is 37.2 Å². The predicted octanol–water partition coefficient (Wildman–Crippen LogP) is 6.11. The fourth-order valence-electron chi connectivity index (χ4n) is 5.68. The number of nitrogens with zero attached hydrogens (tertiary/aromatic N) is 6. The Morgan fingerprint density at radius 3 is 2.15 bits per heavy atom. The van der Waals surface area contributed by atoms with E-state index in [1.807, 2.05) is 24.3 Å². The van der Waals surface area contributed by atoms with Gasteiger partial charge in [0.25, 0.3) is 0 Å². The molecule has 0 bridgehead atoms. The number of pyridine rings is 1. The molecular weight excluding hydrogens is 596 g/mol. The topological polar surface area (TPSA) is 40.4 Å². The van der Waals surface area contributed by atoms with Gasteiger partial charge in [-0.2, -0.15) is 13.2 Å². The first-order valence-electron chi connectivity index (χ1n) is 13.5. The average molecular weight is 636 g/mol. The molecule has 2 aromatic heterocycles. The second-order valence-corrected chi connectivity index (χ2v) is 10.8. The van der Waals surface area contributed by atoms with Crippen LogP contribution < -0.4 is 0 Å². The summed E-state index contributed by atoms with van der Waals surface area (Å²) in [5, 5.41) is 0. The molecule has 0 N–H and O–H groups in total. The van der Waals surface area contributed by atoms with Crippen LogP contribution in [0.2, 0.25) is 0 Å². The number of hydrogen-bond acceptors (Lipinski definition) is 5. The van der Waals surface area contributed by atoms with E-state index in [0.717, 1.165) is 30.8 Å². The molecule has 5 rings (SSSR count). The predicted molar refractivity (Wildman–Crippen MR) is 167 cm³/mol. The Bertz CT molecular complexity index is 1280. The summed E-state index contributed by atoms with van der Waals surface area (Å²) < 4.78 is 42.5. The van der Waals surface area contributed by atoms with E-state index in [2.05, 4.69) is 43.9 Å². The van der Waals surface area contributed by atoms with Gasteiger partial charge in [-0.25, -0.2) is 9.97 Å². The molecule has 41 heavy (non-hydrogen) atoms. The van der Waals surface area contributed by atoms with Gasteiger partial charge in [0.1, 0.15) is 5.52 Å². The number of likely N-dealkylation sites (N-methyl/N-ethyl adjacent to an activating group) is 1. The van der Waals surface area contributed by atoms with Crippen molar-refractivity contribution in [1.29, 1.82) is 0 Å². The third-order valence-electron chi connectivity index (χ3n) is 7.88. The summed E-state index contributed by atoms with van der Waals surface area (Å²) in [5.41, 5.74) is 3.76. The number of halogens is 6. The zero-order valence-corrected chi connectivity index (χ0v) is 26.2. The van der Waals surface area contributed by atoms with E-state index in [-0.39, 0.29) is 49.4 Å². The Balaban J connectivity index is 0.00000196. The first-order chi connectivity index (χ1) is 18.2. The highest BCUT2D eigenvalue weighted by atomic mass is 35.5. The van der Waals surface area contributed by atoms with Gasteiger partial charge in [0.05, 0.1) is 6.54 Å². The first kappa shape index (κ1) is 35.3. The van der Waals surface area contributed by atoms with E-state index in [4.69, 9.17) is 0 Å². The Labute approximate surface area is 259 Å². The molecule has 0 radical (unpaired) electrons. The fraction of sp³-hybridized carbons (Fsp3) is 0.517. The van der Waals surface area contributed by atoms with Gasteiger partial charge in [0.2, 0.25) is 5.82 Å². The molecule has 2 aliphatic rings. The molecule has 2 saturated heterocycles. The molecule has 2 aliphatic heterocycles. The molecule has 0 saturated carbocycles. The minimum atomic E-state index is -4.55. The number of benzene rings is 1. The van der Waals surface area contributed by atoms with Crippen LogP contribution in [0.15, 0.2) is 36.4 Å². The Morgan fingerprint density at radius 2 is 1.54 bits per heavy atom. The maximum absolute atomic E-state index is 13.8. The smallest absolute Gasteiger partial charge is 0.304 e. The highest BCUT2D eigenvalue weighted by Gasteiger charge is 2.38. The lowest BCUT2D eigenvalue weighted by molar-refractivity contribution is -0.146. The van der Waals surface area contributed by atoms with Crippen LogP contribution in [0.4, 0.5) is 13.2 Å². The van der Waals surface area contributed by atoms with Crippen LogP contribution in [0.3, 0.4) is 0 Å². The zero-order valence-electron chi connectivity index (χ0n) is 23.7.